The monoisotopic (exact) mass is 345 g/mol. The van der Waals surface area contributed by atoms with Crippen molar-refractivity contribution in [1.29, 1.82) is 0 Å². The number of carbonyl (C=O) groups excluding carboxylic acids is 1. The lowest BCUT2D eigenvalue weighted by molar-refractivity contribution is -0.157. The molecule has 6 nitrogen and oxygen atoms in total. The lowest BCUT2D eigenvalue weighted by atomic mass is 10.2. The smallest absolute Gasteiger partial charge is 0.411 e. The number of carbonyl (C=O) groups is 2. The zero-order chi connectivity index (χ0) is 17.5. The van der Waals surface area contributed by atoms with Crippen LogP contribution in [0.3, 0.4) is 0 Å². The van der Waals surface area contributed by atoms with Gasteiger partial charge in [0.2, 0.25) is 0 Å². The fraction of sp³-hybridized carbons (Fsp3) is 0.467. The van der Waals surface area contributed by atoms with Gasteiger partial charge in [0.05, 0.1) is 18.8 Å². The highest BCUT2D eigenvalue weighted by atomic mass is 19.4. The number of hydrogen-bond donors (Lipinski definition) is 1. The third kappa shape index (κ3) is 3.03. The minimum Gasteiger partial charge on any atom is -0.480 e. The number of amides is 1. The molecule has 130 valence electrons. The van der Waals surface area contributed by atoms with Gasteiger partial charge in [0.15, 0.2) is 6.04 Å². The summed E-state index contributed by atoms with van der Waals surface area (Å²) < 4.78 is 48.8. The number of carboxylic acid groups (broad SMARTS) is 1. The van der Waals surface area contributed by atoms with Crippen LogP contribution in [0.5, 0.6) is 0 Å². The summed E-state index contributed by atoms with van der Waals surface area (Å²) in [6, 6.07) is 5.70. The van der Waals surface area contributed by atoms with Crippen LogP contribution in [0.2, 0.25) is 0 Å². The number of alkyl halides is 3. The highest BCUT2D eigenvalue weighted by Gasteiger charge is 2.72. The molecule has 2 fully saturated rings. The van der Waals surface area contributed by atoms with Crippen molar-refractivity contribution in [1.82, 2.24) is 4.90 Å². The van der Waals surface area contributed by atoms with Gasteiger partial charge in [-0.2, -0.15) is 13.2 Å². The Kier molecular flexibility index (Phi) is 4.12. The van der Waals surface area contributed by atoms with Crippen molar-refractivity contribution in [3.05, 3.63) is 35.9 Å². The fourth-order valence-electron chi connectivity index (χ4n) is 2.90. The van der Waals surface area contributed by atoms with Gasteiger partial charge in [-0.15, -0.1) is 0 Å². The molecule has 0 aromatic heterocycles. The highest BCUT2D eigenvalue weighted by molar-refractivity contribution is 5.81. The first-order chi connectivity index (χ1) is 11.3. The second kappa shape index (κ2) is 5.97. The number of halogens is 3. The van der Waals surface area contributed by atoms with Gasteiger partial charge in [-0.1, -0.05) is 30.3 Å². The lowest BCUT2D eigenvalue weighted by Crippen LogP contribution is -2.53. The number of fused-ring (bicyclic) bond motifs is 1. The Morgan fingerprint density at radius 3 is 2.54 bits per heavy atom. The molecule has 24 heavy (non-hydrogen) atoms. The summed E-state index contributed by atoms with van der Waals surface area (Å²) in [5.41, 5.74) is 0.644. The average molecular weight is 345 g/mol. The van der Waals surface area contributed by atoms with Gasteiger partial charge in [0, 0.05) is 0 Å². The van der Waals surface area contributed by atoms with Crippen LogP contribution in [0, 0.1) is 5.92 Å². The minimum absolute atomic E-state index is 0.155. The van der Waals surface area contributed by atoms with Crippen molar-refractivity contribution >= 4 is 12.1 Å². The summed E-state index contributed by atoms with van der Waals surface area (Å²) in [5.74, 6) is -3.32. The standard InChI is InChI=1S/C15H14F3NO5/c16-15(17,18)10-11-12(10)23-7-9(13(20)21)19(11)14(22)24-6-8-4-2-1-3-5-8/h1-5,9-12H,6-7H2,(H,20,21)/t9-,10?,11+,12-/m0/s1. The zero-order valence-electron chi connectivity index (χ0n) is 12.3. The van der Waals surface area contributed by atoms with Crippen LogP contribution in [-0.4, -0.2) is 53.0 Å². The normalized spacial score (nSPS) is 28.9. The molecule has 0 spiro atoms. The summed E-state index contributed by atoms with van der Waals surface area (Å²) in [4.78, 5) is 24.1. The number of carboxylic acids is 1. The van der Waals surface area contributed by atoms with E-state index < -0.39 is 49.0 Å². The maximum atomic E-state index is 13.0. The van der Waals surface area contributed by atoms with Crippen molar-refractivity contribution in [2.24, 2.45) is 5.92 Å². The molecule has 1 amide bonds. The van der Waals surface area contributed by atoms with Gasteiger partial charge in [0.1, 0.15) is 12.5 Å². The van der Waals surface area contributed by atoms with Crippen molar-refractivity contribution in [3.63, 3.8) is 0 Å². The van der Waals surface area contributed by atoms with Gasteiger partial charge in [-0.05, 0) is 5.56 Å². The molecular formula is C15H14F3NO5. The molecule has 0 radical (unpaired) electrons. The number of hydrogen-bond acceptors (Lipinski definition) is 4. The van der Waals surface area contributed by atoms with Crippen molar-refractivity contribution in [2.45, 2.75) is 31.0 Å². The van der Waals surface area contributed by atoms with E-state index in [2.05, 4.69) is 0 Å². The summed E-state index contributed by atoms with van der Waals surface area (Å²) >= 11 is 0. The SMILES string of the molecule is O=C(O)[C@@H]1CO[C@H]2C(C(F)(F)F)[C@H]2N1C(=O)OCc1ccccc1. The number of ether oxygens (including phenoxy) is 2. The molecule has 1 aliphatic heterocycles. The van der Waals surface area contributed by atoms with Crippen LogP contribution in [0.25, 0.3) is 0 Å². The fourth-order valence-corrected chi connectivity index (χ4v) is 2.90. The Labute approximate surface area is 134 Å². The molecule has 1 aromatic rings. The van der Waals surface area contributed by atoms with E-state index in [1.165, 1.54) is 0 Å². The molecule has 1 aliphatic carbocycles. The molecule has 1 unspecified atom stereocenters. The summed E-state index contributed by atoms with van der Waals surface area (Å²) in [6.45, 7) is -0.652. The second-order valence-electron chi connectivity index (χ2n) is 5.66. The Balaban J connectivity index is 1.74. The van der Waals surface area contributed by atoms with E-state index in [-0.39, 0.29) is 6.61 Å². The first kappa shape index (κ1) is 16.6. The molecule has 1 aromatic carbocycles. The Hall–Kier alpha value is -2.29. The maximum Gasteiger partial charge on any atom is 0.411 e. The predicted molar refractivity (Wildman–Crippen MR) is 73.0 cm³/mol. The van der Waals surface area contributed by atoms with E-state index in [0.29, 0.717) is 10.5 Å². The van der Waals surface area contributed by atoms with Crippen LogP contribution in [-0.2, 0) is 20.9 Å². The van der Waals surface area contributed by atoms with Gasteiger partial charge in [-0.3, -0.25) is 4.90 Å². The second-order valence-corrected chi connectivity index (χ2v) is 5.66. The van der Waals surface area contributed by atoms with Crippen molar-refractivity contribution in [3.8, 4) is 0 Å². The van der Waals surface area contributed by atoms with E-state index in [0.717, 1.165) is 0 Å². The molecule has 1 saturated heterocycles. The number of benzene rings is 1. The van der Waals surface area contributed by atoms with E-state index >= 15 is 0 Å². The van der Waals surface area contributed by atoms with Crippen LogP contribution in [0.15, 0.2) is 30.3 Å². The number of morpholine rings is 1. The van der Waals surface area contributed by atoms with Gasteiger partial charge in [-0.25, -0.2) is 9.59 Å². The first-order valence-electron chi connectivity index (χ1n) is 7.21. The lowest BCUT2D eigenvalue weighted by Gasteiger charge is -2.31. The summed E-state index contributed by atoms with van der Waals surface area (Å²) in [6.07, 6.45) is -6.89. The van der Waals surface area contributed by atoms with E-state index in [1.807, 2.05) is 0 Å². The van der Waals surface area contributed by atoms with E-state index in [9.17, 15) is 22.8 Å². The Bertz CT molecular complexity index is 636. The largest absolute Gasteiger partial charge is 0.480 e. The quantitative estimate of drug-likeness (QED) is 0.907. The third-order valence-electron chi connectivity index (χ3n) is 4.10. The molecular weight excluding hydrogens is 331 g/mol. The van der Waals surface area contributed by atoms with Crippen LogP contribution < -0.4 is 0 Å². The molecule has 1 saturated carbocycles. The molecule has 3 rings (SSSR count). The first-order valence-corrected chi connectivity index (χ1v) is 7.21. The van der Waals surface area contributed by atoms with Crippen molar-refractivity contribution in [2.75, 3.05) is 6.61 Å². The maximum absolute atomic E-state index is 13.0. The number of nitrogens with zero attached hydrogens (tertiary/aromatic N) is 1. The molecule has 2 aliphatic rings. The van der Waals surface area contributed by atoms with Crippen LogP contribution in [0.1, 0.15) is 5.56 Å². The van der Waals surface area contributed by atoms with Gasteiger partial charge in [0.25, 0.3) is 0 Å². The topological polar surface area (TPSA) is 76.1 Å². The zero-order valence-corrected chi connectivity index (χ0v) is 12.3. The summed E-state index contributed by atoms with van der Waals surface area (Å²) in [7, 11) is 0. The van der Waals surface area contributed by atoms with Crippen LogP contribution >= 0.6 is 0 Å². The molecule has 0 bridgehead atoms. The summed E-state index contributed by atoms with van der Waals surface area (Å²) in [5, 5.41) is 9.16. The minimum atomic E-state index is -4.57. The predicted octanol–water partition coefficient (Wildman–Crippen LogP) is 2.04. The molecule has 9 heteroatoms. The Morgan fingerprint density at radius 1 is 1.29 bits per heavy atom. The Morgan fingerprint density at radius 2 is 1.96 bits per heavy atom. The van der Waals surface area contributed by atoms with Gasteiger partial charge < -0.3 is 14.6 Å². The van der Waals surface area contributed by atoms with E-state index in [1.54, 1.807) is 30.3 Å². The third-order valence-corrected chi connectivity index (χ3v) is 4.10. The van der Waals surface area contributed by atoms with Gasteiger partial charge >= 0.3 is 18.2 Å². The molecule has 1 N–H and O–H groups in total. The average Bonchev–Trinajstić information content (AvgIpc) is 3.27. The molecule has 4 atom stereocenters. The van der Waals surface area contributed by atoms with E-state index in [4.69, 9.17) is 14.6 Å². The van der Waals surface area contributed by atoms with Crippen molar-refractivity contribution < 1.29 is 37.3 Å². The number of aliphatic carboxylic acids is 1. The van der Waals surface area contributed by atoms with Crippen LogP contribution in [0.4, 0.5) is 18.0 Å². The highest BCUT2D eigenvalue weighted by Crippen LogP contribution is 2.52. The molecule has 1 heterocycles. The number of rotatable bonds is 3.